The minimum Gasteiger partial charge on any atom is -0.337 e. The van der Waals surface area contributed by atoms with Crippen molar-refractivity contribution < 1.29 is 14.1 Å². The van der Waals surface area contributed by atoms with E-state index < -0.39 is 0 Å². The summed E-state index contributed by atoms with van der Waals surface area (Å²) in [4.78, 5) is 33.0. The number of carbonyl (C=O) groups is 2. The molecular weight excluding hydrogens is 376 g/mol. The smallest absolute Gasteiger partial charge is 0.257 e. The molecule has 0 unspecified atom stereocenters. The fourth-order valence-corrected chi connectivity index (χ4v) is 4.31. The molecule has 0 bridgehead atoms. The van der Waals surface area contributed by atoms with Gasteiger partial charge in [-0.15, -0.1) is 11.3 Å². The van der Waals surface area contributed by atoms with E-state index in [2.05, 4.69) is 15.5 Å². The lowest BCUT2D eigenvalue weighted by Crippen LogP contribution is -2.32. The summed E-state index contributed by atoms with van der Waals surface area (Å²) >= 11 is 1.45. The highest BCUT2D eigenvalue weighted by atomic mass is 32.1. The Morgan fingerprint density at radius 1 is 1.25 bits per heavy atom. The van der Waals surface area contributed by atoms with E-state index in [0.717, 1.165) is 23.3 Å². The minimum absolute atomic E-state index is 0.0901. The van der Waals surface area contributed by atoms with E-state index in [1.165, 1.54) is 11.3 Å². The first-order valence-electron chi connectivity index (χ1n) is 9.76. The summed E-state index contributed by atoms with van der Waals surface area (Å²) in [5, 5.41) is 7.60. The normalized spacial score (nSPS) is 17.0. The monoisotopic (exact) mass is 404 g/mol. The predicted octanol–water partition coefficient (Wildman–Crippen LogP) is 4.44. The summed E-state index contributed by atoms with van der Waals surface area (Å²) in [5.74, 6) is 0.980. The van der Waals surface area contributed by atoms with E-state index in [-0.39, 0.29) is 29.7 Å². The number of nitrogens with one attached hydrogen (secondary N) is 1. The zero-order valence-electron chi connectivity index (χ0n) is 17.3. The number of aryl methyl sites for hydroxylation is 1. The highest BCUT2D eigenvalue weighted by Crippen LogP contribution is 2.38. The van der Waals surface area contributed by atoms with Crippen molar-refractivity contribution in [2.75, 3.05) is 11.9 Å². The molecule has 28 heavy (non-hydrogen) atoms. The molecule has 1 fully saturated rings. The van der Waals surface area contributed by atoms with Crippen LogP contribution in [0.2, 0.25) is 0 Å². The molecule has 0 aromatic carbocycles. The van der Waals surface area contributed by atoms with Crippen LogP contribution in [0.1, 0.15) is 85.0 Å². The van der Waals surface area contributed by atoms with Crippen LogP contribution in [0.3, 0.4) is 0 Å². The number of carbonyl (C=O) groups excluding carboxylic acids is 2. The molecule has 1 aliphatic rings. The van der Waals surface area contributed by atoms with Gasteiger partial charge in [0.2, 0.25) is 11.8 Å². The highest BCUT2D eigenvalue weighted by Gasteiger charge is 2.37. The van der Waals surface area contributed by atoms with Crippen LogP contribution >= 0.6 is 11.3 Å². The predicted molar refractivity (Wildman–Crippen MR) is 109 cm³/mol. The Morgan fingerprint density at radius 3 is 2.57 bits per heavy atom. The van der Waals surface area contributed by atoms with E-state index >= 15 is 0 Å². The molecule has 1 aliphatic heterocycles. The third-order valence-corrected chi connectivity index (χ3v) is 6.26. The first kappa shape index (κ1) is 20.5. The van der Waals surface area contributed by atoms with Gasteiger partial charge in [0.05, 0.1) is 5.56 Å². The maximum atomic E-state index is 13.5. The van der Waals surface area contributed by atoms with Gasteiger partial charge in [-0.2, -0.15) is 4.98 Å². The number of aromatic nitrogens is 2. The third-order valence-electron chi connectivity index (χ3n) is 5.13. The van der Waals surface area contributed by atoms with Gasteiger partial charge >= 0.3 is 0 Å². The summed E-state index contributed by atoms with van der Waals surface area (Å²) in [6.45, 7) is 12.2. The Labute approximate surface area is 169 Å². The van der Waals surface area contributed by atoms with Crippen molar-refractivity contribution in [3.8, 4) is 0 Å². The highest BCUT2D eigenvalue weighted by molar-refractivity contribution is 7.16. The topological polar surface area (TPSA) is 88.3 Å². The van der Waals surface area contributed by atoms with Crippen LogP contribution in [0, 0.1) is 19.8 Å². The molecule has 1 saturated heterocycles. The van der Waals surface area contributed by atoms with Crippen LogP contribution < -0.4 is 5.32 Å². The lowest BCUT2D eigenvalue weighted by molar-refractivity contribution is -0.118. The van der Waals surface area contributed by atoms with Crippen molar-refractivity contribution in [2.24, 2.45) is 5.92 Å². The molecular formula is C20H28N4O3S. The number of rotatable bonds is 5. The average molecular weight is 405 g/mol. The SMILES string of the molecule is Cc1sc(NC(=O)C(C)C)c(C(=O)N2CCC[C@H]2c2nc(C(C)C)no2)c1C. The summed E-state index contributed by atoms with van der Waals surface area (Å²) in [6.07, 6.45) is 1.67. The minimum atomic E-state index is -0.222. The maximum Gasteiger partial charge on any atom is 0.257 e. The van der Waals surface area contributed by atoms with Gasteiger partial charge in [-0.25, -0.2) is 0 Å². The van der Waals surface area contributed by atoms with Crippen LogP contribution in [0.5, 0.6) is 0 Å². The Balaban J connectivity index is 1.91. The van der Waals surface area contributed by atoms with Crippen molar-refractivity contribution in [2.45, 2.75) is 66.3 Å². The molecule has 8 heteroatoms. The molecule has 3 heterocycles. The molecule has 152 valence electrons. The van der Waals surface area contributed by atoms with Crippen LogP contribution in [-0.4, -0.2) is 33.4 Å². The average Bonchev–Trinajstić information content (AvgIpc) is 3.34. The quantitative estimate of drug-likeness (QED) is 0.796. The second-order valence-electron chi connectivity index (χ2n) is 7.93. The molecule has 2 aromatic rings. The number of nitrogens with zero attached hydrogens (tertiary/aromatic N) is 3. The second kappa shape index (κ2) is 8.03. The van der Waals surface area contributed by atoms with E-state index in [1.807, 2.05) is 41.5 Å². The zero-order chi connectivity index (χ0) is 20.6. The summed E-state index contributed by atoms with van der Waals surface area (Å²) in [6, 6.07) is -0.222. The van der Waals surface area contributed by atoms with Crippen LogP contribution in [0.4, 0.5) is 5.00 Å². The molecule has 1 N–H and O–H groups in total. The Bertz CT molecular complexity index is 884. The largest absolute Gasteiger partial charge is 0.337 e. The fourth-order valence-electron chi connectivity index (χ4n) is 3.26. The summed E-state index contributed by atoms with van der Waals surface area (Å²) in [7, 11) is 0. The molecule has 0 aliphatic carbocycles. The number of thiophene rings is 1. The van der Waals surface area contributed by atoms with Gasteiger partial charge in [0.1, 0.15) is 11.0 Å². The number of hydrogen-bond acceptors (Lipinski definition) is 6. The second-order valence-corrected chi connectivity index (χ2v) is 9.16. The van der Waals surface area contributed by atoms with Gasteiger partial charge < -0.3 is 14.7 Å². The molecule has 2 amide bonds. The van der Waals surface area contributed by atoms with Gasteiger partial charge in [-0.1, -0.05) is 32.9 Å². The van der Waals surface area contributed by atoms with Gasteiger partial charge in [0.15, 0.2) is 5.82 Å². The first-order valence-corrected chi connectivity index (χ1v) is 10.6. The number of likely N-dealkylation sites (tertiary alicyclic amines) is 1. The zero-order valence-corrected chi connectivity index (χ0v) is 18.1. The molecule has 3 rings (SSSR count). The van der Waals surface area contributed by atoms with Crippen molar-refractivity contribution in [1.82, 2.24) is 15.0 Å². The third kappa shape index (κ3) is 3.83. The molecule has 0 saturated carbocycles. The van der Waals surface area contributed by atoms with E-state index in [1.54, 1.807) is 4.90 Å². The Kier molecular flexibility index (Phi) is 5.88. The van der Waals surface area contributed by atoms with Gasteiger partial charge in [0, 0.05) is 23.3 Å². The van der Waals surface area contributed by atoms with E-state index in [9.17, 15) is 9.59 Å². The lowest BCUT2D eigenvalue weighted by atomic mass is 10.1. The van der Waals surface area contributed by atoms with E-state index in [0.29, 0.717) is 28.8 Å². The van der Waals surface area contributed by atoms with Gasteiger partial charge in [0.25, 0.3) is 5.91 Å². The molecule has 1 atom stereocenters. The fraction of sp³-hybridized carbons (Fsp3) is 0.600. The molecule has 7 nitrogen and oxygen atoms in total. The first-order chi connectivity index (χ1) is 13.2. The Morgan fingerprint density at radius 2 is 1.96 bits per heavy atom. The molecule has 2 aromatic heterocycles. The Hall–Kier alpha value is -2.22. The number of hydrogen-bond donors (Lipinski definition) is 1. The van der Waals surface area contributed by atoms with Crippen molar-refractivity contribution in [1.29, 1.82) is 0 Å². The number of anilines is 1. The van der Waals surface area contributed by atoms with Crippen molar-refractivity contribution in [3.63, 3.8) is 0 Å². The standard InChI is InChI=1S/C20H28N4O3S/c1-10(2)16-21-18(27-23-16)14-8-7-9-24(14)20(26)15-12(5)13(6)28-19(15)22-17(25)11(3)4/h10-11,14H,7-9H2,1-6H3,(H,22,25)/t14-/m0/s1. The van der Waals surface area contributed by atoms with Crippen molar-refractivity contribution in [3.05, 3.63) is 27.7 Å². The lowest BCUT2D eigenvalue weighted by Gasteiger charge is -2.23. The van der Waals surface area contributed by atoms with Gasteiger partial charge in [-0.3, -0.25) is 9.59 Å². The molecule has 0 spiro atoms. The summed E-state index contributed by atoms with van der Waals surface area (Å²) in [5.41, 5.74) is 1.49. The maximum absolute atomic E-state index is 13.5. The van der Waals surface area contributed by atoms with Crippen LogP contribution in [0.15, 0.2) is 4.52 Å². The van der Waals surface area contributed by atoms with Crippen molar-refractivity contribution >= 4 is 28.2 Å². The molecule has 0 radical (unpaired) electrons. The summed E-state index contributed by atoms with van der Waals surface area (Å²) < 4.78 is 5.47. The van der Waals surface area contributed by atoms with Gasteiger partial charge in [-0.05, 0) is 32.3 Å². The number of amides is 2. The van der Waals surface area contributed by atoms with E-state index in [4.69, 9.17) is 4.52 Å². The van der Waals surface area contributed by atoms with Crippen LogP contribution in [0.25, 0.3) is 0 Å². The van der Waals surface area contributed by atoms with Crippen LogP contribution in [-0.2, 0) is 4.79 Å².